The van der Waals surface area contributed by atoms with Crippen LogP contribution in [-0.4, -0.2) is 37.9 Å². The number of para-hydroxylation sites is 1. The summed E-state index contributed by atoms with van der Waals surface area (Å²) in [7, 11) is 1.72. The molecule has 1 unspecified atom stereocenters. The van der Waals surface area contributed by atoms with Crippen LogP contribution in [0.3, 0.4) is 0 Å². The van der Waals surface area contributed by atoms with E-state index in [2.05, 4.69) is 4.90 Å². The number of anilines is 1. The molecule has 1 N–H and O–H groups in total. The highest BCUT2D eigenvalue weighted by atomic mass is 16.5. The minimum absolute atomic E-state index is 0.401. The van der Waals surface area contributed by atoms with Crippen LogP contribution in [0.25, 0.3) is 0 Å². The second-order valence-corrected chi connectivity index (χ2v) is 5.19. The fourth-order valence-electron chi connectivity index (χ4n) is 2.89. The van der Waals surface area contributed by atoms with Crippen molar-refractivity contribution in [1.29, 1.82) is 0 Å². The number of rotatable bonds is 4. The largest absolute Gasteiger partial charge is 0.478 e. The molecule has 0 amide bonds. The fraction of sp³-hybridized carbons (Fsp3) is 0.533. The lowest BCUT2D eigenvalue weighted by molar-refractivity contribution is 0.0697. The summed E-state index contributed by atoms with van der Waals surface area (Å²) in [4.78, 5) is 13.6. The van der Waals surface area contributed by atoms with Crippen molar-refractivity contribution in [2.45, 2.75) is 19.8 Å². The lowest BCUT2D eigenvalue weighted by Gasteiger charge is -2.35. The van der Waals surface area contributed by atoms with E-state index >= 15 is 0 Å². The average molecular weight is 263 g/mol. The molecule has 1 aliphatic heterocycles. The van der Waals surface area contributed by atoms with Gasteiger partial charge in [0, 0.05) is 20.2 Å². The van der Waals surface area contributed by atoms with Crippen LogP contribution in [-0.2, 0) is 4.74 Å². The van der Waals surface area contributed by atoms with Crippen LogP contribution < -0.4 is 4.90 Å². The maximum atomic E-state index is 11.4. The number of carboxylic acid groups (broad SMARTS) is 1. The van der Waals surface area contributed by atoms with Gasteiger partial charge in [-0.3, -0.25) is 0 Å². The van der Waals surface area contributed by atoms with Gasteiger partial charge in [0.2, 0.25) is 0 Å². The molecule has 0 bridgehead atoms. The molecule has 19 heavy (non-hydrogen) atoms. The first-order valence-corrected chi connectivity index (χ1v) is 6.70. The van der Waals surface area contributed by atoms with Gasteiger partial charge < -0.3 is 14.7 Å². The van der Waals surface area contributed by atoms with Gasteiger partial charge in [0.25, 0.3) is 0 Å². The Balaban J connectivity index is 2.28. The Kier molecular flexibility index (Phi) is 4.43. The molecule has 2 rings (SSSR count). The molecule has 0 radical (unpaired) electrons. The van der Waals surface area contributed by atoms with Crippen molar-refractivity contribution in [3.8, 4) is 0 Å². The number of carboxylic acids is 1. The van der Waals surface area contributed by atoms with Crippen LogP contribution in [0, 0.1) is 12.8 Å². The number of hydrogen-bond acceptors (Lipinski definition) is 3. The number of nitrogens with zero attached hydrogens (tertiary/aromatic N) is 1. The maximum Gasteiger partial charge on any atom is 0.337 e. The zero-order valence-electron chi connectivity index (χ0n) is 11.6. The lowest BCUT2D eigenvalue weighted by Crippen LogP contribution is -2.38. The molecule has 1 aromatic rings. The highest BCUT2D eigenvalue weighted by Gasteiger charge is 2.24. The van der Waals surface area contributed by atoms with Gasteiger partial charge in [0.1, 0.15) is 0 Å². The Hall–Kier alpha value is -1.55. The molecular formula is C15H21NO3. The molecule has 1 atom stereocenters. The third-order valence-electron chi connectivity index (χ3n) is 3.71. The van der Waals surface area contributed by atoms with Gasteiger partial charge in [-0.1, -0.05) is 12.1 Å². The monoisotopic (exact) mass is 263 g/mol. The summed E-state index contributed by atoms with van der Waals surface area (Å²) in [5, 5.41) is 9.34. The van der Waals surface area contributed by atoms with E-state index in [1.807, 2.05) is 13.0 Å². The van der Waals surface area contributed by atoms with Gasteiger partial charge in [-0.2, -0.15) is 0 Å². The Morgan fingerprint density at radius 3 is 3.00 bits per heavy atom. The molecule has 104 valence electrons. The number of hydrogen-bond donors (Lipinski definition) is 1. The first-order chi connectivity index (χ1) is 9.13. The average Bonchev–Trinajstić information content (AvgIpc) is 2.39. The number of methoxy groups -OCH3 is 1. The van der Waals surface area contributed by atoms with Crippen LogP contribution in [0.5, 0.6) is 0 Å². The van der Waals surface area contributed by atoms with E-state index in [-0.39, 0.29) is 0 Å². The topological polar surface area (TPSA) is 49.8 Å². The van der Waals surface area contributed by atoms with Crippen molar-refractivity contribution < 1.29 is 14.6 Å². The van der Waals surface area contributed by atoms with E-state index in [4.69, 9.17) is 4.74 Å². The van der Waals surface area contributed by atoms with Gasteiger partial charge in [-0.05, 0) is 37.3 Å². The highest BCUT2D eigenvalue weighted by Crippen LogP contribution is 2.29. The molecule has 1 aliphatic rings. The number of aryl methyl sites for hydroxylation is 1. The SMILES string of the molecule is COCC1CCCN(c2c(C)cccc2C(=O)O)C1. The van der Waals surface area contributed by atoms with Crippen LogP contribution in [0.4, 0.5) is 5.69 Å². The highest BCUT2D eigenvalue weighted by molar-refractivity contribution is 5.95. The Labute approximate surface area is 114 Å². The number of benzene rings is 1. The number of carbonyl (C=O) groups is 1. The molecule has 1 heterocycles. The van der Waals surface area contributed by atoms with Gasteiger partial charge in [0.05, 0.1) is 17.9 Å². The summed E-state index contributed by atoms with van der Waals surface area (Å²) in [5.41, 5.74) is 2.30. The first kappa shape index (κ1) is 13.9. The number of piperidine rings is 1. The third-order valence-corrected chi connectivity index (χ3v) is 3.71. The normalized spacial score (nSPS) is 19.5. The van der Waals surface area contributed by atoms with E-state index in [1.165, 1.54) is 0 Å². The van der Waals surface area contributed by atoms with Crippen LogP contribution in [0.2, 0.25) is 0 Å². The molecule has 1 aromatic carbocycles. The summed E-state index contributed by atoms with van der Waals surface area (Å²) >= 11 is 0. The molecule has 0 spiro atoms. The fourth-order valence-corrected chi connectivity index (χ4v) is 2.89. The second-order valence-electron chi connectivity index (χ2n) is 5.19. The summed E-state index contributed by atoms with van der Waals surface area (Å²) in [6, 6.07) is 5.46. The predicted molar refractivity (Wildman–Crippen MR) is 75.0 cm³/mol. The molecule has 1 saturated heterocycles. The molecule has 0 aliphatic carbocycles. The van der Waals surface area contributed by atoms with E-state index < -0.39 is 5.97 Å². The Morgan fingerprint density at radius 2 is 2.32 bits per heavy atom. The van der Waals surface area contributed by atoms with Crippen molar-refractivity contribution in [1.82, 2.24) is 0 Å². The van der Waals surface area contributed by atoms with E-state index in [0.29, 0.717) is 11.5 Å². The van der Waals surface area contributed by atoms with E-state index in [1.54, 1.807) is 19.2 Å². The Morgan fingerprint density at radius 1 is 1.53 bits per heavy atom. The van der Waals surface area contributed by atoms with Gasteiger partial charge in [-0.15, -0.1) is 0 Å². The molecule has 1 fully saturated rings. The summed E-state index contributed by atoms with van der Waals surface area (Å²) < 4.78 is 5.23. The number of ether oxygens (including phenoxy) is 1. The van der Waals surface area contributed by atoms with Crippen molar-refractivity contribution >= 4 is 11.7 Å². The molecule has 4 nitrogen and oxygen atoms in total. The van der Waals surface area contributed by atoms with Crippen LogP contribution in [0.1, 0.15) is 28.8 Å². The Bertz CT molecular complexity index is 457. The molecule has 0 saturated carbocycles. The minimum Gasteiger partial charge on any atom is -0.478 e. The summed E-state index contributed by atoms with van der Waals surface area (Å²) in [6.45, 7) is 4.51. The lowest BCUT2D eigenvalue weighted by atomic mass is 9.96. The molecule has 0 aromatic heterocycles. The molecular weight excluding hydrogens is 242 g/mol. The zero-order chi connectivity index (χ0) is 13.8. The quantitative estimate of drug-likeness (QED) is 0.907. The van der Waals surface area contributed by atoms with Crippen LogP contribution >= 0.6 is 0 Å². The van der Waals surface area contributed by atoms with Crippen molar-refractivity contribution in [3.63, 3.8) is 0 Å². The van der Waals surface area contributed by atoms with Crippen molar-refractivity contribution in [3.05, 3.63) is 29.3 Å². The second kappa shape index (κ2) is 6.06. The van der Waals surface area contributed by atoms with Gasteiger partial charge in [-0.25, -0.2) is 4.79 Å². The van der Waals surface area contributed by atoms with Crippen molar-refractivity contribution in [2.24, 2.45) is 5.92 Å². The van der Waals surface area contributed by atoms with E-state index in [9.17, 15) is 9.90 Å². The first-order valence-electron chi connectivity index (χ1n) is 6.70. The van der Waals surface area contributed by atoms with Gasteiger partial charge in [0.15, 0.2) is 0 Å². The third kappa shape index (κ3) is 3.07. The summed E-state index contributed by atoms with van der Waals surface area (Å²) in [6.07, 6.45) is 2.24. The minimum atomic E-state index is -0.854. The molecule has 4 heteroatoms. The zero-order valence-corrected chi connectivity index (χ0v) is 11.6. The maximum absolute atomic E-state index is 11.4. The van der Waals surface area contributed by atoms with E-state index in [0.717, 1.165) is 43.8 Å². The number of aromatic carboxylic acids is 1. The standard InChI is InChI=1S/C15H21NO3/c1-11-5-3-7-13(15(17)18)14(11)16-8-4-6-12(9-16)10-19-2/h3,5,7,12H,4,6,8-10H2,1-2H3,(H,17,18). The van der Waals surface area contributed by atoms with Crippen LogP contribution in [0.15, 0.2) is 18.2 Å². The smallest absolute Gasteiger partial charge is 0.337 e. The van der Waals surface area contributed by atoms with Crippen molar-refractivity contribution in [2.75, 3.05) is 31.7 Å². The summed E-state index contributed by atoms with van der Waals surface area (Å²) in [5.74, 6) is -0.368. The predicted octanol–water partition coefficient (Wildman–Crippen LogP) is 2.56. The van der Waals surface area contributed by atoms with Gasteiger partial charge >= 0.3 is 5.97 Å².